The van der Waals surface area contributed by atoms with Crippen molar-refractivity contribution in [2.75, 3.05) is 13.6 Å². The maximum atomic E-state index is 12.0. The Bertz CT molecular complexity index is 493. The smallest absolute Gasteiger partial charge is 0.243 e. The summed E-state index contributed by atoms with van der Waals surface area (Å²) in [5, 5.41) is 0. The highest BCUT2D eigenvalue weighted by atomic mass is 32.2. The minimum Gasteiger partial charge on any atom is -0.491 e. The van der Waals surface area contributed by atoms with Gasteiger partial charge in [-0.25, -0.2) is 8.42 Å². The average Bonchev–Trinajstić information content (AvgIpc) is 2.29. The average molecular weight is 271 g/mol. The van der Waals surface area contributed by atoms with Crippen LogP contribution in [0.2, 0.25) is 0 Å². The van der Waals surface area contributed by atoms with Gasteiger partial charge in [0.25, 0.3) is 0 Å². The number of ether oxygens (including phenoxy) is 1. The van der Waals surface area contributed by atoms with Gasteiger partial charge in [-0.05, 0) is 38.1 Å². The molecule has 0 saturated carbocycles. The molecule has 0 saturated heterocycles. The highest BCUT2D eigenvalue weighted by molar-refractivity contribution is 7.89. The number of rotatable bonds is 6. The van der Waals surface area contributed by atoms with Crippen molar-refractivity contribution in [3.05, 3.63) is 24.3 Å². The Morgan fingerprint density at radius 2 is 1.83 bits per heavy atom. The van der Waals surface area contributed by atoms with Crippen LogP contribution < -0.4 is 4.74 Å². The number of carbonyl (C=O) groups is 1. The fourth-order valence-corrected chi connectivity index (χ4v) is 2.44. The van der Waals surface area contributed by atoms with E-state index in [1.165, 1.54) is 19.2 Å². The largest absolute Gasteiger partial charge is 0.491 e. The van der Waals surface area contributed by atoms with Gasteiger partial charge in [0.15, 0.2) is 0 Å². The van der Waals surface area contributed by atoms with E-state index in [0.717, 1.165) is 4.31 Å². The quantitative estimate of drug-likeness (QED) is 0.731. The van der Waals surface area contributed by atoms with Crippen molar-refractivity contribution >= 4 is 16.3 Å². The van der Waals surface area contributed by atoms with E-state index < -0.39 is 10.0 Å². The Kier molecular flexibility index (Phi) is 4.86. The number of aldehydes is 1. The number of carbonyl (C=O) groups excluding carboxylic acids is 1. The van der Waals surface area contributed by atoms with Gasteiger partial charge in [0.1, 0.15) is 12.0 Å². The molecule has 0 aliphatic heterocycles. The Hall–Kier alpha value is -1.40. The number of hydrogen-bond acceptors (Lipinski definition) is 4. The molecule has 0 N–H and O–H groups in total. The molecule has 18 heavy (non-hydrogen) atoms. The number of nitrogens with zero attached hydrogens (tertiary/aromatic N) is 1. The van der Waals surface area contributed by atoms with Crippen LogP contribution in [-0.4, -0.2) is 38.7 Å². The molecule has 0 heterocycles. The topological polar surface area (TPSA) is 63.7 Å². The molecule has 0 atom stereocenters. The third kappa shape index (κ3) is 3.54. The normalized spacial score (nSPS) is 11.8. The van der Waals surface area contributed by atoms with E-state index in [1.807, 2.05) is 13.8 Å². The molecular weight excluding hydrogens is 254 g/mol. The minimum atomic E-state index is -3.60. The van der Waals surface area contributed by atoms with E-state index in [1.54, 1.807) is 12.1 Å². The zero-order valence-corrected chi connectivity index (χ0v) is 11.5. The van der Waals surface area contributed by atoms with Gasteiger partial charge < -0.3 is 9.53 Å². The van der Waals surface area contributed by atoms with Gasteiger partial charge >= 0.3 is 0 Å². The Labute approximate surface area is 107 Å². The first-order valence-corrected chi connectivity index (χ1v) is 6.98. The summed E-state index contributed by atoms with van der Waals surface area (Å²) in [6.45, 7) is 3.62. The van der Waals surface area contributed by atoms with Crippen LogP contribution in [0.3, 0.4) is 0 Å². The summed E-state index contributed by atoms with van der Waals surface area (Å²) in [4.78, 5) is 10.5. The summed E-state index contributed by atoms with van der Waals surface area (Å²) in [5.41, 5.74) is 0. The molecule has 0 amide bonds. The fraction of sp³-hybridized carbons (Fsp3) is 0.417. The molecule has 6 heteroatoms. The molecule has 0 aliphatic rings. The maximum Gasteiger partial charge on any atom is 0.243 e. The predicted molar refractivity (Wildman–Crippen MR) is 68.1 cm³/mol. The molecule has 0 radical (unpaired) electrons. The van der Waals surface area contributed by atoms with E-state index in [2.05, 4.69) is 0 Å². The van der Waals surface area contributed by atoms with Crippen molar-refractivity contribution in [3.8, 4) is 5.75 Å². The van der Waals surface area contributed by atoms with Crippen LogP contribution in [0, 0.1) is 0 Å². The summed E-state index contributed by atoms with van der Waals surface area (Å²) in [6.07, 6.45) is 0.582. The van der Waals surface area contributed by atoms with Gasteiger partial charge in [0.2, 0.25) is 10.0 Å². The van der Waals surface area contributed by atoms with E-state index >= 15 is 0 Å². The van der Waals surface area contributed by atoms with Crippen molar-refractivity contribution in [1.82, 2.24) is 4.31 Å². The Balaban J connectivity index is 2.94. The summed E-state index contributed by atoms with van der Waals surface area (Å²) in [7, 11) is -2.24. The lowest BCUT2D eigenvalue weighted by Gasteiger charge is -2.15. The summed E-state index contributed by atoms with van der Waals surface area (Å²) in [6, 6.07) is 6.13. The van der Waals surface area contributed by atoms with Gasteiger partial charge in [-0.3, -0.25) is 0 Å². The molecule has 0 unspecified atom stereocenters. The molecule has 0 fully saturated rings. The SMILES string of the molecule is CC(C)Oc1ccc(S(=O)(=O)N(C)CC=O)cc1. The number of benzene rings is 1. The van der Waals surface area contributed by atoms with Crippen molar-refractivity contribution in [1.29, 1.82) is 0 Å². The van der Waals surface area contributed by atoms with Gasteiger partial charge in [-0.15, -0.1) is 0 Å². The first-order chi connectivity index (χ1) is 8.37. The Morgan fingerprint density at radius 1 is 1.28 bits per heavy atom. The van der Waals surface area contributed by atoms with Gasteiger partial charge in [0.05, 0.1) is 17.5 Å². The van der Waals surface area contributed by atoms with Gasteiger partial charge in [-0.2, -0.15) is 4.31 Å². The lowest BCUT2D eigenvalue weighted by Crippen LogP contribution is -2.28. The zero-order valence-electron chi connectivity index (χ0n) is 10.7. The van der Waals surface area contributed by atoms with E-state index in [4.69, 9.17) is 4.74 Å². The second-order valence-electron chi connectivity index (χ2n) is 4.09. The first-order valence-electron chi connectivity index (χ1n) is 5.54. The molecule has 0 aliphatic carbocycles. The van der Waals surface area contributed by atoms with Gasteiger partial charge in [0, 0.05) is 7.05 Å². The zero-order chi connectivity index (χ0) is 13.8. The van der Waals surface area contributed by atoms with E-state index in [0.29, 0.717) is 12.0 Å². The van der Waals surface area contributed by atoms with E-state index in [9.17, 15) is 13.2 Å². The van der Waals surface area contributed by atoms with Crippen LogP contribution in [0.1, 0.15) is 13.8 Å². The number of hydrogen-bond donors (Lipinski definition) is 0. The molecule has 100 valence electrons. The van der Waals surface area contributed by atoms with Crippen molar-refractivity contribution in [2.24, 2.45) is 0 Å². The lowest BCUT2D eigenvalue weighted by atomic mass is 10.3. The predicted octanol–water partition coefficient (Wildman–Crippen LogP) is 1.29. The number of likely N-dealkylation sites (N-methyl/N-ethyl adjacent to an activating group) is 1. The molecule has 0 aromatic heterocycles. The minimum absolute atomic E-state index is 0.0326. The molecule has 0 bridgehead atoms. The maximum absolute atomic E-state index is 12.0. The monoisotopic (exact) mass is 271 g/mol. The second kappa shape index (κ2) is 5.97. The van der Waals surface area contributed by atoms with Crippen LogP contribution in [0.15, 0.2) is 29.2 Å². The fourth-order valence-electron chi connectivity index (χ4n) is 1.35. The highest BCUT2D eigenvalue weighted by Gasteiger charge is 2.20. The molecule has 1 aromatic carbocycles. The molecule has 1 rings (SSSR count). The van der Waals surface area contributed by atoms with Crippen molar-refractivity contribution < 1.29 is 17.9 Å². The van der Waals surface area contributed by atoms with Crippen LogP contribution in [0.25, 0.3) is 0 Å². The van der Waals surface area contributed by atoms with Crippen LogP contribution in [0.5, 0.6) is 5.75 Å². The van der Waals surface area contributed by atoms with Gasteiger partial charge in [-0.1, -0.05) is 0 Å². The van der Waals surface area contributed by atoms with Crippen LogP contribution in [-0.2, 0) is 14.8 Å². The molecular formula is C12H17NO4S. The third-order valence-corrected chi connectivity index (χ3v) is 4.07. The molecule has 5 nitrogen and oxygen atoms in total. The third-order valence-electron chi connectivity index (χ3n) is 2.24. The summed E-state index contributed by atoms with van der Waals surface area (Å²) < 4.78 is 30.4. The second-order valence-corrected chi connectivity index (χ2v) is 6.14. The highest BCUT2D eigenvalue weighted by Crippen LogP contribution is 2.19. The molecule has 0 spiro atoms. The van der Waals surface area contributed by atoms with Crippen molar-refractivity contribution in [2.45, 2.75) is 24.8 Å². The Morgan fingerprint density at radius 3 is 2.28 bits per heavy atom. The lowest BCUT2D eigenvalue weighted by molar-refractivity contribution is -0.107. The number of sulfonamides is 1. The van der Waals surface area contributed by atoms with Crippen LogP contribution >= 0.6 is 0 Å². The summed E-state index contributed by atoms with van der Waals surface area (Å²) >= 11 is 0. The first kappa shape index (κ1) is 14.7. The summed E-state index contributed by atoms with van der Waals surface area (Å²) in [5.74, 6) is 0.613. The van der Waals surface area contributed by atoms with E-state index in [-0.39, 0.29) is 17.5 Å². The molecule has 1 aromatic rings. The van der Waals surface area contributed by atoms with Crippen molar-refractivity contribution in [3.63, 3.8) is 0 Å². The van der Waals surface area contributed by atoms with Crippen LogP contribution in [0.4, 0.5) is 0 Å². The standard InChI is InChI=1S/C12H17NO4S/c1-10(2)17-11-4-6-12(7-5-11)18(15,16)13(3)8-9-14/h4-7,9-10H,8H2,1-3H3.